The zero-order valence-corrected chi connectivity index (χ0v) is 40.8. The molecule has 0 aromatic heterocycles. The first-order valence-electron chi connectivity index (χ1n) is 23.9. The molecule has 0 N–H and O–H groups in total. The van der Waals surface area contributed by atoms with Gasteiger partial charge in [-0.25, -0.2) is 0 Å². The Kier molecular flexibility index (Phi) is 17.1. The van der Waals surface area contributed by atoms with E-state index in [1.807, 2.05) is 32.9 Å². The normalized spacial score (nSPS) is 11.7. The number of fused-ring (bicyclic) bond motifs is 6. The minimum Gasteiger partial charge on any atom is -0.0912 e. The van der Waals surface area contributed by atoms with Gasteiger partial charge >= 0.3 is 0 Å². The average Bonchev–Trinajstić information content (AvgIpc) is 3.66. The van der Waals surface area contributed by atoms with Crippen LogP contribution >= 0.6 is 0 Å². The van der Waals surface area contributed by atoms with E-state index >= 15 is 0 Å². The molecule has 0 fully saturated rings. The predicted molar refractivity (Wildman–Crippen MR) is 292 cm³/mol. The Morgan fingerprint density at radius 2 is 0.970 bits per heavy atom. The molecular formula is C66H68. The Balaban J connectivity index is 0.000000160. The van der Waals surface area contributed by atoms with Crippen molar-refractivity contribution < 1.29 is 0 Å². The number of allylic oxidation sites excluding steroid dienone is 3. The molecule has 1 aliphatic carbocycles. The van der Waals surface area contributed by atoms with E-state index in [4.69, 9.17) is 0 Å². The Morgan fingerprint density at radius 3 is 1.58 bits per heavy atom. The molecule has 10 rings (SSSR count). The fourth-order valence-corrected chi connectivity index (χ4v) is 9.04. The number of benzene rings is 9. The van der Waals surface area contributed by atoms with Gasteiger partial charge in [0, 0.05) is 0 Å². The monoisotopic (exact) mass is 861 g/mol. The third-order valence-electron chi connectivity index (χ3n) is 12.4. The van der Waals surface area contributed by atoms with E-state index in [1.54, 1.807) is 0 Å². The van der Waals surface area contributed by atoms with Gasteiger partial charge in [-0.15, -0.1) is 0 Å². The van der Waals surface area contributed by atoms with Crippen LogP contribution in [-0.4, -0.2) is 0 Å². The van der Waals surface area contributed by atoms with Crippen molar-refractivity contribution in [2.45, 2.75) is 80.6 Å². The lowest BCUT2D eigenvalue weighted by Crippen LogP contribution is -2.28. The molecule has 0 bridgehead atoms. The lowest BCUT2D eigenvalue weighted by atomic mass is 9.67. The highest BCUT2D eigenvalue weighted by Gasteiger charge is 2.45. The second-order valence-electron chi connectivity index (χ2n) is 17.0. The van der Waals surface area contributed by atoms with Crippen LogP contribution in [0.15, 0.2) is 219 Å². The maximum absolute atomic E-state index is 4.10. The maximum Gasteiger partial charge on any atom is 0.0713 e. The summed E-state index contributed by atoms with van der Waals surface area (Å²) in [5.74, 6) is 0. The van der Waals surface area contributed by atoms with Crippen molar-refractivity contribution in [2.75, 3.05) is 0 Å². The lowest BCUT2D eigenvalue weighted by Gasteiger charge is -2.34. The van der Waals surface area contributed by atoms with Gasteiger partial charge in [0.05, 0.1) is 5.41 Å². The zero-order valence-electron chi connectivity index (χ0n) is 40.8. The second kappa shape index (κ2) is 23.3. The van der Waals surface area contributed by atoms with Gasteiger partial charge in [0.2, 0.25) is 0 Å². The van der Waals surface area contributed by atoms with Crippen LogP contribution in [-0.2, 0) is 5.41 Å². The van der Waals surface area contributed by atoms with E-state index in [9.17, 15) is 0 Å². The average molecular weight is 861 g/mol. The Morgan fingerprint density at radius 1 is 0.455 bits per heavy atom. The van der Waals surface area contributed by atoms with Gasteiger partial charge in [-0.05, 0) is 123 Å². The van der Waals surface area contributed by atoms with Crippen LogP contribution in [0.2, 0.25) is 0 Å². The van der Waals surface area contributed by atoms with E-state index in [2.05, 4.69) is 248 Å². The summed E-state index contributed by atoms with van der Waals surface area (Å²) in [6.45, 7) is 23.1. The summed E-state index contributed by atoms with van der Waals surface area (Å²) in [5, 5.41) is 5.39. The maximum atomic E-state index is 4.10. The highest BCUT2D eigenvalue weighted by Crippen LogP contribution is 2.56. The molecule has 0 aliphatic heterocycles. The van der Waals surface area contributed by atoms with E-state index < -0.39 is 0 Å². The Hall–Kier alpha value is -7.02. The Bertz CT molecular complexity index is 2960. The molecule has 66 heavy (non-hydrogen) atoms. The van der Waals surface area contributed by atoms with Crippen LogP contribution in [0, 0.1) is 27.7 Å². The van der Waals surface area contributed by atoms with Crippen molar-refractivity contribution in [3.05, 3.63) is 269 Å². The van der Waals surface area contributed by atoms with Crippen LogP contribution in [0.4, 0.5) is 0 Å². The standard InChI is InChI=1S/C26H20.C19H20.C15H12.C4H10.C2H6/c1-19-16-17-23-22-14-8-9-15-24(22)26(25(23)18-19,20-10-4-2-5-11-20)21-12-6-3-7-13-21;1-5-6-15(3)19-12-11-18(13-16(19)4)17-9-7-14(2)8-10-17;1-11-10-12-6-2-3-8-14(12)15-9-5-4-7-13(11)15;1-3-4-2;1-2/h2-18H,1H3;5-13H,3H2,1-2,4H3;2-10H,1H3;3-4H2,1-2H3;1-2H3/b;6-5-;;;. The number of hydrogen-bond donors (Lipinski definition) is 0. The fourth-order valence-electron chi connectivity index (χ4n) is 9.04. The minimum atomic E-state index is -0.263. The summed E-state index contributed by atoms with van der Waals surface area (Å²) in [6.07, 6.45) is 6.71. The number of unbranched alkanes of at least 4 members (excludes halogenated alkanes) is 1. The quantitative estimate of drug-likeness (QED) is 0.115. The van der Waals surface area contributed by atoms with E-state index in [0.29, 0.717) is 0 Å². The topological polar surface area (TPSA) is 0 Å². The molecule has 0 radical (unpaired) electrons. The molecule has 0 saturated carbocycles. The SMILES string of the molecule is C=C(/C=C\C)c1ccc(-c2ccc(C)cc2)cc1C.CC.CCCC.Cc1cc2ccccc2c2ccccc12.Cc1ccc2c(c1)C(c1ccccc1)(c1ccccc1)c1ccccc1-2. The summed E-state index contributed by atoms with van der Waals surface area (Å²) in [5.41, 5.74) is 17.8. The second-order valence-corrected chi connectivity index (χ2v) is 17.0. The van der Waals surface area contributed by atoms with Gasteiger partial charge in [0.1, 0.15) is 0 Å². The smallest absolute Gasteiger partial charge is 0.0713 e. The molecule has 0 heterocycles. The van der Waals surface area contributed by atoms with E-state index in [-0.39, 0.29) is 5.41 Å². The third kappa shape index (κ3) is 10.6. The van der Waals surface area contributed by atoms with Gasteiger partial charge < -0.3 is 0 Å². The van der Waals surface area contributed by atoms with Crippen LogP contribution < -0.4 is 0 Å². The fraction of sp³-hybridized carbons (Fsp3) is 0.182. The zero-order chi connectivity index (χ0) is 47.1. The predicted octanol–water partition coefficient (Wildman–Crippen LogP) is 19.1. The summed E-state index contributed by atoms with van der Waals surface area (Å²) in [7, 11) is 0. The molecule has 332 valence electrons. The molecular weight excluding hydrogens is 793 g/mol. The molecule has 0 saturated heterocycles. The minimum absolute atomic E-state index is 0.263. The van der Waals surface area contributed by atoms with Crippen molar-refractivity contribution in [1.29, 1.82) is 0 Å². The largest absolute Gasteiger partial charge is 0.0912 e. The molecule has 0 nitrogen and oxygen atoms in total. The highest BCUT2D eigenvalue weighted by atomic mass is 14.5. The number of rotatable bonds is 6. The van der Waals surface area contributed by atoms with Crippen molar-refractivity contribution in [1.82, 2.24) is 0 Å². The molecule has 9 aromatic rings. The van der Waals surface area contributed by atoms with Gasteiger partial charge in [-0.1, -0.05) is 271 Å². The number of aryl methyl sites for hydroxylation is 4. The first-order valence-corrected chi connectivity index (χ1v) is 23.9. The molecule has 1 aliphatic rings. The van der Waals surface area contributed by atoms with E-state index in [0.717, 1.165) is 5.57 Å². The van der Waals surface area contributed by atoms with Gasteiger partial charge in [-0.2, -0.15) is 0 Å². The molecule has 0 atom stereocenters. The molecule has 0 heteroatoms. The van der Waals surface area contributed by atoms with Crippen LogP contribution in [0.25, 0.3) is 49.4 Å². The van der Waals surface area contributed by atoms with Crippen molar-refractivity contribution in [2.24, 2.45) is 0 Å². The molecule has 0 amide bonds. The number of hydrogen-bond acceptors (Lipinski definition) is 0. The van der Waals surface area contributed by atoms with Gasteiger partial charge in [0.15, 0.2) is 0 Å². The summed E-state index contributed by atoms with van der Waals surface area (Å²) in [6, 6.07) is 72.2. The van der Waals surface area contributed by atoms with Crippen LogP contribution in [0.1, 0.15) is 97.5 Å². The van der Waals surface area contributed by atoms with Crippen molar-refractivity contribution in [3.63, 3.8) is 0 Å². The lowest BCUT2D eigenvalue weighted by molar-refractivity contribution is 0.767. The van der Waals surface area contributed by atoms with Crippen molar-refractivity contribution in [3.8, 4) is 22.3 Å². The summed E-state index contributed by atoms with van der Waals surface area (Å²) >= 11 is 0. The molecule has 9 aromatic carbocycles. The van der Waals surface area contributed by atoms with Gasteiger partial charge in [-0.3, -0.25) is 0 Å². The van der Waals surface area contributed by atoms with Crippen LogP contribution in [0.5, 0.6) is 0 Å². The first-order chi connectivity index (χ1) is 32.2. The molecule has 0 unspecified atom stereocenters. The van der Waals surface area contributed by atoms with Crippen molar-refractivity contribution >= 4 is 27.1 Å². The highest BCUT2D eigenvalue weighted by molar-refractivity contribution is 6.08. The van der Waals surface area contributed by atoms with Gasteiger partial charge in [0.25, 0.3) is 0 Å². The summed E-state index contributed by atoms with van der Waals surface area (Å²) < 4.78 is 0. The van der Waals surface area contributed by atoms with Crippen LogP contribution in [0.3, 0.4) is 0 Å². The summed E-state index contributed by atoms with van der Waals surface area (Å²) in [4.78, 5) is 0. The third-order valence-corrected chi connectivity index (χ3v) is 12.4. The Labute approximate surface area is 397 Å². The molecule has 0 spiro atoms. The first kappa shape index (κ1) is 48.4. The van der Waals surface area contributed by atoms with E-state index in [1.165, 1.54) is 107 Å².